The molecular weight excluding hydrogens is 621 g/mol. The molecule has 9 heteroatoms. The molecule has 0 aromatic heterocycles. The van der Waals surface area contributed by atoms with Crippen molar-refractivity contribution in [3.05, 3.63) is 167 Å². The first-order valence-electron chi connectivity index (χ1n) is 15.2. The van der Waals surface area contributed by atoms with Crippen molar-refractivity contribution >= 4 is 11.5 Å². The first-order chi connectivity index (χ1) is 23.2. The Morgan fingerprint density at radius 1 is 0.688 bits per heavy atom. The van der Waals surface area contributed by atoms with Crippen LogP contribution in [0, 0.1) is 0 Å². The number of hydrogen-bond donors (Lipinski definition) is 1. The van der Waals surface area contributed by atoms with E-state index < -0.39 is 23.3 Å². The molecule has 5 aromatic rings. The zero-order valence-electron chi connectivity index (χ0n) is 25.7. The fourth-order valence-electron chi connectivity index (χ4n) is 5.51. The highest BCUT2D eigenvalue weighted by molar-refractivity contribution is 5.98. The fourth-order valence-corrected chi connectivity index (χ4v) is 5.51. The van der Waals surface area contributed by atoms with Gasteiger partial charge in [-0.15, -0.1) is 0 Å². The maximum Gasteiger partial charge on any atom is 0.416 e. The number of rotatable bonds is 12. The van der Waals surface area contributed by atoms with Gasteiger partial charge in [0.1, 0.15) is 19.8 Å². The van der Waals surface area contributed by atoms with Crippen molar-refractivity contribution in [3.8, 4) is 17.2 Å². The smallest absolute Gasteiger partial charge is 0.416 e. The molecule has 0 saturated carbocycles. The summed E-state index contributed by atoms with van der Waals surface area (Å²) < 4.78 is 65.1. The van der Waals surface area contributed by atoms with Crippen LogP contribution in [0.25, 0.3) is 5.57 Å². The van der Waals surface area contributed by atoms with Gasteiger partial charge >= 0.3 is 12.1 Å². The molecule has 0 bridgehead atoms. The number of carboxylic acids is 1. The van der Waals surface area contributed by atoms with Gasteiger partial charge in [-0.25, -0.2) is 4.79 Å². The van der Waals surface area contributed by atoms with E-state index in [-0.39, 0.29) is 60.4 Å². The molecule has 6 nitrogen and oxygen atoms in total. The van der Waals surface area contributed by atoms with Gasteiger partial charge in [-0.3, -0.25) is 0 Å². The number of carbonyl (C=O) groups is 1. The summed E-state index contributed by atoms with van der Waals surface area (Å²) in [5.41, 5.74) is 0.275. The Hall–Kier alpha value is -5.54. The Bertz CT molecular complexity index is 1810. The van der Waals surface area contributed by atoms with E-state index in [1.807, 2.05) is 91.0 Å². The summed E-state index contributed by atoms with van der Waals surface area (Å²) >= 11 is 0. The first kappa shape index (κ1) is 32.4. The molecule has 48 heavy (non-hydrogen) atoms. The van der Waals surface area contributed by atoms with Crippen molar-refractivity contribution in [2.75, 3.05) is 6.61 Å². The lowest BCUT2D eigenvalue weighted by Crippen LogP contribution is -2.37. The third-order valence-corrected chi connectivity index (χ3v) is 7.92. The molecule has 5 aromatic carbocycles. The van der Waals surface area contributed by atoms with Crippen LogP contribution in [0.3, 0.4) is 0 Å². The van der Waals surface area contributed by atoms with Gasteiger partial charge in [0.2, 0.25) is 11.4 Å². The molecule has 0 aliphatic carbocycles. The second-order valence-corrected chi connectivity index (χ2v) is 11.1. The minimum atomic E-state index is -4.55. The molecular formula is C39H31F3O6. The van der Waals surface area contributed by atoms with Crippen LogP contribution in [0.2, 0.25) is 0 Å². The van der Waals surface area contributed by atoms with Crippen molar-refractivity contribution in [2.24, 2.45) is 0 Å². The molecule has 1 aliphatic rings. The number of carboxylic acid groups (broad SMARTS) is 1. The summed E-state index contributed by atoms with van der Waals surface area (Å²) in [7, 11) is 0. The van der Waals surface area contributed by atoms with Crippen molar-refractivity contribution in [1.82, 2.24) is 0 Å². The first-order valence-corrected chi connectivity index (χ1v) is 15.2. The van der Waals surface area contributed by atoms with Crippen LogP contribution in [0.4, 0.5) is 13.2 Å². The van der Waals surface area contributed by atoms with Crippen LogP contribution in [-0.2, 0) is 41.1 Å². The second-order valence-electron chi connectivity index (χ2n) is 11.1. The van der Waals surface area contributed by atoms with Gasteiger partial charge in [-0.2, -0.15) is 13.2 Å². The highest BCUT2D eigenvalue weighted by atomic mass is 19.4. The highest BCUT2D eigenvalue weighted by Gasteiger charge is 2.50. The fraction of sp³-hybridized carbons (Fsp3) is 0.154. The van der Waals surface area contributed by atoms with E-state index in [1.165, 1.54) is 24.3 Å². The lowest BCUT2D eigenvalue weighted by Gasteiger charge is -2.30. The Kier molecular flexibility index (Phi) is 9.50. The predicted molar refractivity (Wildman–Crippen MR) is 173 cm³/mol. The standard InChI is InChI=1S/C39H31F3O6/c40-39(41,42)31-18-16-30(17-19-31)33-20-21-48-38(33,37(43)44)32-22-34(45-24-27-10-4-1-5-11-27)36(47-26-29-14-8-3-9-15-29)35(23-32)46-25-28-12-6-2-7-13-28/h1-20,22-23H,21,24-26H2,(H,43,44). The Morgan fingerprint density at radius 3 is 1.58 bits per heavy atom. The maximum atomic E-state index is 13.4. The third kappa shape index (κ3) is 7.06. The van der Waals surface area contributed by atoms with Crippen LogP contribution < -0.4 is 14.2 Å². The Morgan fingerprint density at radius 2 is 1.15 bits per heavy atom. The molecule has 6 rings (SSSR count). The molecule has 1 atom stereocenters. The quantitative estimate of drug-likeness (QED) is 0.145. The maximum absolute atomic E-state index is 13.4. The van der Waals surface area contributed by atoms with E-state index >= 15 is 0 Å². The zero-order chi connectivity index (χ0) is 33.6. The Labute approximate surface area is 275 Å². The normalized spacial score (nSPS) is 15.9. The minimum Gasteiger partial charge on any atom is -0.485 e. The Balaban J connectivity index is 1.47. The summed E-state index contributed by atoms with van der Waals surface area (Å²) in [5, 5.41) is 10.8. The van der Waals surface area contributed by atoms with Crippen molar-refractivity contribution in [1.29, 1.82) is 0 Å². The van der Waals surface area contributed by atoms with Gasteiger partial charge in [0.15, 0.2) is 11.5 Å². The van der Waals surface area contributed by atoms with Crippen LogP contribution >= 0.6 is 0 Å². The lowest BCUT2D eigenvalue weighted by molar-refractivity contribution is -0.156. The molecule has 0 amide bonds. The van der Waals surface area contributed by atoms with Crippen LogP contribution in [0.15, 0.2) is 133 Å². The molecule has 0 radical (unpaired) electrons. The summed E-state index contributed by atoms with van der Waals surface area (Å²) in [4.78, 5) is 13.3. The predicted octanol–water partition coefficient (Wildman–Crippen LogP) is 8.84. The molecule has 0 spiro atoms. The molecule has 1 N–H and O–H groups in total. The SMILES string of the molecule is O=C(O)C1(c2cc(OCc3ccccc3)c(OCc3ccccc3)c(OCc3ccccc3)c2)OCC=C1c1ccc(C(F)(F)F)cc1. The van der Waals surface area contributed by atoms with Crippen molar-refractivity contribution in [3.63, 3.8) is 0 Å². The van der Waals surface area contributed by atoms with E-state index in [0.29, 0.717) is 0 Å². The molecule has 244 valence electrons. The summed E-state index contributed by atoms with van der Waals surface area (Å²) in [6.45, 7) is 0.343. The second kappa shape index (κ2) is 14.1. The number of aliphatic carboxylic acids is 1. The third-order valence-electron chi connectivity index (χ3n) is 7.92. The monoisotopic (exact) mass is 652 g/mol. The highest BCUT2D eigenvalue weighted by Crippen LogP contribution is 2.49. The van der Waals surface area contributed by atoms with E-state index in [1.54, 1.807) is 6.08 Å². The van der Waals surface area contributed by atoms with Crippen LogP contribution in [-0.4, -0.2) is 17.7 Å². The summed E-state index contributed by atoms with van der Waals surface area (Å²) in [6, 6.07) is 35.8. The lowest BCUT2D eigenvalue weighted by atomic mass is 9.82. The number of ether oxygens (including phenoxy) is 4. The number of benzene rings is 5. The summed E-state index contributed by atoms with van der Waals surface area (Å²) in [5.74, 6) is -0.684. The van der Waals surface area contributed by atoms with E-state index in [2.05, 4.69) is 0 Å². The molecule has 1 aliphatic heterocycles. The van der Waals surface area contributed by atoms with Gasteiger partial charge in [0.05, 0.1) is 12.2 Å². The largest absolute Gasteiger partial charge is 0.485 e. The number of hydrogen-bond acceptors (Lipinski definition) is 5. The average Bonchev–Trinajstić information content (AvgIpc) is 3.57. The van der Waals surface area contributed by atoms with E-state index in [9.17, 15) is 23.1 Å². The van der Waals surface area contributed by atoms with Crippen molar-refractivity contribution < 1.29 is 42.0 Å². The van der Waals surface area contributed by atoms with Gasteiger partial charge in [-0.1, -0.05) is 109 Å². The van der Waals surface area contributed by atoms with Crippen molar-refractivity contribution in [2.45, 2.75) is 31.6 Å². The topological polar surface area (TPSA) is 74.2 Å². The molecule has 1 heterocycles. The number of alkyl halides is 3. The van der Waals surface area contributed by atoms with E-state index in [4.69, 9.17) is 18.9 Å². The zero-order valence-corrected chi connectivity index (χ0v) is 25.7. The van der Waals surface area contributed by atoms with Crippen LogP contribution in [0.1, 0.15) is 33.4 Å². The van der Waals surface area contributed by atoms with Crippen LogP contribution in [0.5, 0.6) is 17.2 Å². The average molecular weight is 653 g/mol. The molecule has 0 fully saturated rings. The number of halogens is 3. The van der Waals surface area contributed by atoms with Gasteiger partial charge in [0.25, 0.3) is 0 Å². The van der Waals surface area contributed by atoms with Gasteiger partial charge in [-0.05, 0) is 46.5 Å². The van der Waals surface area contributed by atoms with E-state index in [0.717, 1.165) is 28.8 Å². The molecule has 1 unspecified atom stereocenters. The summed E-state index contributed by atoms with van der Waals surface area (Å²) in [6.07, 6.45) is -2.99. The van der Waals surface area contributed by atoms with Gasteiger partial charge in [0, 0.05) is 11.1 Å². The minimum absolute atomic E-state index is 0.0880. The van der Waals surface area contributed by atoms with Gasteiger partial charge < -0.3 is 24.1 Å². The molecule has 0 saturated heterocycles.